The van der Waals surface area contributed by atoms with Crippen LogP contribution in [0, 0.1) is 23.7 Å². The van der Waals surface area contributed by atoms with Crippen LogP contribution in [0.2, 0.25) is 0 Å². The maximum atomic E-state index is 14.0. The number of hydrogen-bond donors (Lipinski definition) is 4. The third-order valence-electron chi connectivity index (χ3n) is 9.07. The Morgan fingerprint density at radius 3 is 2.33 bits per heavy atom. The molecule has 3 fully saturated rings. The molecule has 2 unspecified atom stereocenters. The number of phenolic OH excluding ortho intramolecular Hbond substituents is 1. The zero-order valence-corrected chi connectivity index (χ0v) is 23.7. The lowest BCUT2D eigenvalue weighted by atomic mass is 9.52. The van der Waals surface area contributed by atoms with E-state index in [1.807, 2.05) is 0 Å². The number of hydrogen-bond acceptors (Lipinski definition) is 11. The number of fused-ring (bicyclic) bond motifs is 3. The molecule has 1 aromatic carbocycles. The highest BCUT2D eigenvalue weighted by Gasteiger charge is 2.69. The van der Waals surface area contributed by atoms with Crippen molar-refractivity contribution in [3.8, 4) is 5.75 Å². The molecule has 0 radical (unpaired) electrons. The minimum atomic E-state index is -2.83. The minimum Gasteiger partial charge on any atom is -0.505 e. The topological polar surface area (TPSA) is 191 Å². The predicted molar refractivity (Wildman–Crippen MR) is 146 cm³/mol. The molecule has 6 atom stereocenters. The van der Waals surface area contributed by atoms with Gasteiger partial charge in [-0.3, -0.25) is 38.6 Å². The van der Waals surface area contributed by atoms with Gasteiger partial charge in [0.05, 0.1) is 29.8 Å². The van der Waals surface area contributed by atoms with Crippen molar-refractivity contribution < 1.29 is 43.4 Å². The number of anilines is 2. The lowest BCUT2D eigenvalue weighted by Crippen LogP contribution is -2.74. The molecule has 5 N–H and O–H groups in total. The van der Waals surface area contributed by atoms with Gasteiger partial charge in [-0.25, -0.2) is 4.39 Å². The second-order valence-corrected chi connectivity index (χ2v) is 12.2. The standard InChI is InChI=1S/C28H34FN5O8/c1-32(2)16-7-15(31-17(35)10-34-8-12(29)9-34)22(36)19-13(16)5-11-6-14-21(33(3)4)24(38)20(27(30)41)26(40)28(14,42)25(39)18(11)23(19)37/h7,11-12,14,18,20-21,36,42H,5-6,8-10H2,1-4H3,(H2,30,41)(H,31,35)/t11-,14-,18?,20?,21-,28-/m0/s1. The number of phenols is 1. The number of benzene rings is 1. The van der Waals surface area contributed by atoms with Gasteiger partial charge in [0.1, 0.15) is 11.9 Å². The number of rotatable bonds is 6. The molecule has 0 bridgehead atoms. The van der Waals surface area contributed by atoms with E-state index in [1.54, 1.807) is 23.9 Å². The van der Waals surface area contributed by atoms with Crippen LogP contribution < -0.4 is 16.0 Å². The Hall–Kier alpha value is -3.75. The highest BCUT2D eigenvalue weighted by Crippen LogP contribution is 2.52. The summed E-state index contributed by atoms with van der Waals surface area (Å²) in [5, 5.41) is 25.5. The SMILES string of the molecule is CN(C)c1cc(NC(=O)CN2CC(F)C2)c(O)c2c1C[C@H]1C[C@H]3[C@H](N(C)C)C(=O)C(C(N)=O)C(=O)[C@@]3(O)C(=O)C1C2=O. The van der Waals surface area contributed by atoms with E-state index in [-0.39, 0.29) is 43.7 Å². The van der Waals surface area contributed by atoms with Crippen molar-refractivity contribution in [3.05, 3.63) is 17.2 Å². The lowest BCUT2D eigenvalue weighted by molar-refractivity contribution is -0.181. The van der Waals surface area contributed by atoms with Gasteiger partial charge in [0.2, 0.25) is 11.8 Å². The largest absolute Gasteiger partial charge is 0.505 e. The summed E-state index contributed by atoms with van der Waals surface area (Å²) in [6.45, 7) is 0.0835. The van der Waals surface area contributed by atoms with Gasteiger partial charge in [0.25, 0.3) is 0 Å². The number of likely N-dealkylation sites (N-methyl/N-ethyl adjacent to an activating group) is 1. The fourth-order valence-electron chi connectivity index (χ4n) is 7.18. The third kappa shape index (κ3) is 4.31. The van der Waals surface area contributed by atoms with Crippen LogP contribution in [0.1, 0.15) is 22.3 Å². The number of amides is 2. The zero-order chi connectivity index (χ0) is 31.0. The number of aliphatic hydroxyl groups is 1. The molecule has 1 saturated heterocycles. The molecule has 1 heterocycles. The van der Waals surface area contributed by atoms with Crippen LogP contribution in [0.3, 0.4) is 0 Å². The number of Topliss-reactive ketones (excluding diaryl/α,β-unsaturated/α-hetero) is 4. The number of nitrogens with one attached hydrogen (secondary N) is 1. The van der Waals surface area contributed by atoms with Crippen LogP contribution in [-0.4, -0.2) is 121 Å². The molecule has 226 valence electrons. The first kappa shape index (κ1) is 29.7. The molecule has 2 amide bonds. The van der Waals surface area contributed by atoms with E-state index >= 15 is 0 Å². The molecule has 13 nitrogen and oxygen atoms in total. The zero-order valence-electron chi connectivity index (χ0n) is 23.7. The van der Waals surface area contributed by atoms with Gasteiger partial charge >= 0.3 is 0 Å². The second-order valence-electron chi connectivity index (χ2n) is 12.2. The average Bonchev–Trinajstić information content (AvgIpc) is 2.86. The molecule has 1 aliphatic heterocycles. The summed E-state index contributed by atoms with van der Waals surface area (Å²) in [6.07, 6.45) is -0.988. The molecule has 0 spiro atoms. The molecule has 14 heteroatoms. The average molecular weight is 588 g/mol. The van der Waals surface area contributed by atoms with E-state index in [4.69, 9.17) is 5.73 Å². The van der Waals surface area contributed by atoms with Gasteiger partial charge in [-0.1, -0.05) is 0 Å². The van der Waals surface area contributed by atoms with Gasteiger partial charge in [0.15, 0.2) is 34.7 Å². The van der Waals surface area contributed by atoms with Crippen molar-refractivity contribution >= 4 is 46.3 Å². The van der Waals surface area contributed by atoms with Crippen LogP contribution in [0.5, 0.6) is 5.75 Å². The fraction of sp³-hybridized carbons (Fsp3) is 0.571. The molecule has 3 aliphatic carbocycles. The number of carbonyl (C=O) groups excluding carboxylic acids is 6. The van der Waals surface area contributed by atoms with E-state index in [0.717, 1.165) is 0 Å². The van der Waals surface area contributed by atoms with E-state index in [1.165, 1.54) is 25.1 Å². The normalized spacial score (nSPS) is 31.3. The first-order valence-electron chi connectivity index (χ1n) is 13.7. The summed E-state index contributed by atoms with van der Waals surface area (Å²) in [5.41, 5.74) is 3.10. The van der Waals surface area contributed by atoms with E-state index in [9.17, 15) is 43.4 Å². The Bertz CT molecular complexity index is 1420. The number of alkyl halides is 1. The molecule has 2 saturated carbocycles. The smallest absolute Gasteiger partial charge is 0.238 e. The lowest BCUT2D eigenvalue weighted by Gasteiger charge is -2.52. The van der Waals surface area contributed by atoms with Crippen molar-refractivity contribution in [2.75, 3.05) is 58.0 Å². The number of halogens is 1. The van der Waals surface area contributed by atoms with Crippen LogP contribution in [-0.2, 0) is 30.4 Å². The number of primary amides is 1. The summed E-state index contributed by atoms with van der Waals surface area (Å²) < 4.78 is 13.2. The van der Waals surface area contributed by atoms with E-state index < -0.39 is 82.2 Å². The van der Waals surface area contributed by atoms with Crippen molar-refractivity contribution in [1.82, 2.24) is 9.80 Å². The van der Waals surface area contributed by atoms with Gasteiger partial charge in [0, 0.05) is 38.8 Å². The molecular formula is C28H34FN5O8. The molecular weight excluding hydrogens is 553 g/mol. The van der Waals surface area contributed by atoms with Gasteiger partial charge < -0.3 is 26.2 Å². The van der Waals surface area contributed by atoms with Crippen molar-refractivity contribution in [3.63, 3.8) is 0 Å². The maximum absolute atomic E-state index is 14.0. The number of nitrogens with two attached hydrogens (primary N) is 1. The van der Waals surface area contributed by atoms with Crippen LogP contribution >= 0.6 is 0 Å². The third-order valence-corrected chi connectivity index (χ3v) is 9.07. The van der Waals surface area contributed by atoms with Gasteiger partial charge in [-0.15, -0.1) is 0 Å². The highest BCUT2D eigenvalue weighted by molar-refractivity contribution is 6.32. The molecule has 5 rings (SSSR count). The van der Waals surface area contributed by atoms with E-state index in [0.29, 0.717) is 11.3 Å². The number of carbonyl (C=O) groups is 6. The summed E-state index contributed by atoms with van der Waals surface area (Å²) >= 11 is 0. The first-order chi connectivity index (χ1) is 19.6. The number of ketones is 4. The minimum absolute atomic E-state index is 0.0680. The Labute approximate surface area is 240 Å². The maximum Gasteiger partial charge on any atom is 0.238 e. The quantitative estimate of drug-likeness (QED) is 0.224. The summed E-state index contributed by atoms with van der Waals surface area (Å²) in [5.74, 6) is -12.1. The van der Waals surface area contributed by atoms with E-state index in [2.05, 4.69) is 5.32 Å². The Morgan fingerprint density at radius 1 is 1.14 bits per heavy atom. The molecule has 42 heavy (non-hydrogen) atoms. The van der Waals surface area contributed by atoms with Crippen LogP contribution in [0.15, 0.2) is 6.07 Å². The number of likely N-dealkylation sites (tertiary alicyclic amines) is 1. The Balaban J connectivity index is 1.56. The predicted octanol–water partition coefficient (Wildman–Crippen LogP) is -1.47. The van der Waals surface area contributed by atoms with Gasteiger partial charge in [-0.2, -0.15) is 0 Å². The summed E-state index contributed by atoms with van der Waals surface area (Å²) in [6, 6.07) is 0.313. The number of aromatic hydroxyl groups is 1. The highest BCUT2D eigenvalue weighted by atomic mass is 19.1. The Morgan fingerprint density at radius 2 is 1.79 bits per heavy atom. The molecule has 1 aromatic rings. The fourth-order valence-corrected chi connectivity index (χ4v) is 7.18. The second kappa shape index (κ2) is 10.2. The Kier molecular flexibility index (Phi) is 7.23. The van der Waals surface area contributed by atoms with Gasteiger partial charge in [-0.05, 0) is 44.5 Å². The first-order valence-corrected chi connectivity index (χ1v) is 13.7. The van der Waals surface area contributed by atoms with Crippen molar-refractivity contribution in [2.24, 2.45) is 29.4 Å². The summed E-state index contributed by atoms with van der Waals surface area (Å²) in [4.78, 5) is 84.1. The molecule has 0 aromatic heterocycles. The number of nitrogens with zero attached hydrogens (tertiary/aromatic N) is 3. The molecule has 4 aliphatic rings. The summed E-state index contributed by atoms with van der Waals surface area (Å²) in [7, 11) is 6.44. The van der Waals surface area contributed by atoms with Crippen LogP contribution in [0.25, 0.3) is 0 Å². The monoisotopic (exact) mass is 587 g/mol. The van der Waals surface area contributed by atoms with Crippen molar-refractivity contribution in [2.45, 2.75) is 30.7 Å². The van der Waals surface area contributed by atoms with Crippen LogP contribution in [0.4, 0.5) is 15.8 Å². The van der Waals surface area contributed by atoms with Crippen molar-refractivity contribution in [1.29, 1.82) is 0 Å².